The molecular formula is C17H20N6O. The Hall–Kier alpha value is -2.54. The Morgan fingerprint density at radius 1 is 1.33 bits per heavy atom. The minimum atomic E-state index is 0.586. The highest BCUT2D eigenvalue weighted by Gasteiger charge is 2.19. The monoisotopic (exact) mass is 324 g/mol. The van der Waals surface area contributed by atoms with Crippen LogP contribution in [-0.4, -0.2) is 38.0 Å². The van der Waals surface area contributed by atoms with Gasteiger partial charge in [0.15, 0.2) is 5.82 Å². The third-order valence-electron chi connectivity index (χ3n) is 4.33. The zero-order valence-electron chi connectivity index (χ0n) is 13.9. The summed E-state index contributed by atoms with van der Waals surface area (Å²) in [4.78, 5) is 8.98. The fourth-order valence-corrected chi connectivity index (χ4v) is 3.10. The number of rotatable bonds is 4. The number of aromatic nitrogens is 5. The second-order valence-electron chi connectivity index (χ2n) is 6.32. The summed E-state index contributed by atoms with van der Waals surface area (Å²) in [6, 6.07) is 5.90. The summed E-state index contributed by atoms with van der Waals surface area (Å²) >= 11 is 0. The summed E-state index contributed by atoms with van der Waals surface area (Å²) in [5.74, 6) is 2.65. The molecule has 0 amide bonds. The predicted octanol–water partition coefficient (Wildman–Crippen LogP) is 2.09. The Morgan fingerprint density at radius 3 is 2.92 bits per heavy atom. The normalized spacial score (nSPS) is 17.5. The largest absolute Gasteiger partial charge is 0.339 e. The van der Waals surface area contributed by atoms with Gasteiger partial charge >= 0.3 is 0 Å². The van der Waals surface area contributed by atoms with Crippen LogP contribution in [0.1, 0.15) is 23.7 Å². The molecule has 0 bridgehead atoms. The van der Waals surface area contributed by atoms with Gasteiger partial charge in [-0.05, 0) is 57.5 Å². The van der Waals surface area contributed by atoms with Gasteiger partial charge < -0.3 is 9.84 Å². The van der Waals surface area contributed by atoms with Gasteiger partial charge in [0.25, 0.3) is 0 Å². The fraction of sp³-hybridized carbons (Fsp3) is 0.412. The van der Waals surface area contributed by atoms with Crippen LogP contribution in [0.25, 0.3) is 17.2 Å². The minimum Gasteiger partial charge on any atom is -0.339 e. The van der Waals surface area contributed by atoms with Crippen LogP contribution in [0, 0.1) is 19.8 Å². The Bertz CT molecular complexity index is 829. The summed E-state index contributed by atoms with van der Waals surface area (Å²) in [6.07, 6.45) is 3.76. The molecule has 1 saturated heterocycles. The van der Waals surface area contributed by atoms with Gasteiger partial charge in [-0.25, -0.2) is 9.67 Å². The molecule has 4 rings (SSSR count). The number of nitrogens with one attached hydrogen (secondary N) is 1. The summed E-state index contributed by atoms with van der Waals surface area (Å²) in [5, 5.41) is 11.9. The molecule has 0 saturated carbocycles. The van der Waals surface area contributed by atoms with Gasteiger partial charge in [-0.15, -0.1) is 0 Å². The molecule has 0 spiro atoms. The van der Waals surface area contributed by atoms with Gasteiger partial charge in [-0.1, -0.05) is 5.16 Å². The van der Waals surface area contributed by atoms with Crippen LogP contribution in [0.3, 0.4) is 0 Å². The molecule has 0 radical (unpaired) electrons. The predicted molar refractivity (Wildman–Crippen MR) is 88.8 cm³/mol. The maximum atomic E-state index is 5.38. The standard InChI is InChI=1S/C17H20N6O/c1-11-7-12(2)23(21-11)15-4-3-14(10-19-15)17-20-16(24-22-17)8-13-5-6-18-9-13/h3-4,7,10,13,18H,5-6,8-9H2,1-2H3. The smallest absolute Gasteiger partial charge is 0.227 e. The van der Waals surface area contributed by atoms with Crippen LogP contribution < -0.4 is 5.32 Å². The molecule has 1 aliphatic rings. The first-order valence-electron chi connectivity index (χ1n) is 8.22. The van der Waals surface area contributed by atoms with Gasteiger partial charge in [0.2, 0.25) is 11.7 Å². The van der Waals surface area contributed by atoms with Gasteiger partial charge in [0.1, 0.15) is 0 Å². The van der Waals surface area contributed by atoms with Gasteiger partial charge in [-0.3, -0.25) is 0 Å². The highest BCUT2D eigenvalue weighted by atomic mass is 16.5. The summed E-state index contributed by atoms with van der Waals surface area (Å²) < 4.78 is 7.21. The van der Waals surface area contributed by atoms with Gasteiger partial charge in [0, 0.05) is 23.9 Å². The molecule has 7 heteroatoms. The van der Waals surface area contributed by atoms with Crippen LogP contribution >= 0.6 is 0 Å². The van der Waals surface area contributed by atoms with Crippen molar-refractivity contribution < 1.29 is 4.52 Å². The Morgan fingerprint density at radius 2 is 2.25 bits per heavy atom. The molecule has 0 aromatic carbocycles. The first kappa shape index (κ1) is 15.0. The van der Waals surface area contributed by atoms with E-state index in [4.69, 9.17) is 4.52 Å². The van der Waals surface area contributed by atoms with Crippen LogP contribution in [0.15, 0.2) is 28.9 Å². The molecule has 4 heterocycles. The summed E-state index contributed by atoms with van der Waals surface area (Å²) in [5.41, 5.74) is 2.88. The molecule has 1 unspecified atom stereocenters. The van der Waals surface area contributed by atoms with E-state index < -0.39 is 0 Å². The second kappa shape index (κ2) is 6.16. The lowest BCUT2D eigenvalue weighted by Crippen LogP contribution is -2.10. The summed E-state index contributed by atoms with van der Waals surface area (Å²) in [7, 11) is 0. The van der Waals surface area contributed by atoms with Gasteiger partial charge in [-0.2, -0.15) is 10.1 Å². The van der Waals surface area contributed by atoms with E-state index in [2.05, 4.69) is 25.5 Å². The quantitative estimate of drug-likeness (QED) is 0.791. The lowest BCUT2D eigenvalue weighted by molar-refractivity contribution is 0.358. The van der Waals surface area contributed by atoms with Crippen LogP contribution in [-0.2, 0) is 6.42 Å². The molecule has 124 valence electrons. The molecule has 1 aliphatic heterocycles. The highest BCUT2D eigenvalue weighted by molar-refractivity contribution is 5.53. The van der Waals surface area contributed by atoms with E-state index in [0.717, 1.165) is 48.7 Å². The Kier molecular flexibility index (Phi) is 3.86. The van der Waals surface area contributed by atoms with Crippen LogP contribution in [0.2, 0.25) is 0 Å². The first-order valence-corrected chi connectivity index (χ1v) is 8.22. The maximum absolute atomic E-state index is 5.38. The van der Waals surface area contributed by atoms with Crippen LogP contribution in [0.4, 0.5) is 0 Å². The minimum absolute atomic E-state index is 0.586. The molecule has 3 aromatic heterocycles. The van der Waals surface area contributed by atoms with Crippen molar-refractivity contribution in [1.29, 1.82) is 0 Å². The topological polar surface area (TPSA) is 81.7 Å². The number of aryl methyl sites for hydroxylation is 2. The SMILES string of the molecule is Cc1cc(C)n(-c2ccc(-c3noc(CC4CCNC4)n3)cn2)n1. The van der Waals surface area contributed by atoms with Crippen molar-refractivity contribution in [2.75, 3.05) is 13.1 Å². The molecule has 24 heavy (non-hydrogen) atoms. The highest BCUT2D eigenvalue weighted by Crippen LogP contribution is 2.19. The maximum Gasteiger partial charge on any atom is 0.227 e. The zero-order chi connectivity index (χ0) is 16.5. The average Bonchev–Trinajstić information content (AvgIpc) is 3.30. The van der Waals surface area contributed by atoms with Crippen molar-refractivity contribution >= 4 is 0 Å². The zero-order valence-corrected chi connectivity index (χ0v) is 13.9. The Balaban J connectivity index is 1.52. The molecular weight excluding hydrogens is 304 g/mol. The number of hydrogen-bond donors (Lipinski definition) is 1. The van der Waals surface area contributed by atoms with E-state index in [1.54, 1.807) is 6.20 Å². The molecule has 7 nitrogen and oxygen atoms in total. The summed E-state index contributed by atoms with van der Waals surface area (Å²) in [6.45, 7) is 6.08. The van der Waals surface area contributed by atoms with E-state index in [0.29, 0.717) is 17.6 Å². The molecule has 3 aromatic rings. The second-order valence-corrected chi connectivity index (χ2v) is 6.32. The van der Waals surface area contributed by atoms with E-state index in [9.17, 15) is 0 Å². The van der Waals surface area contributed by atoms with Crippen molar-refractivity contribution in [1.82, 2.24) is 30.2 Å². The van der Waals surface area contributed by atoms with Gasteiger partial charge in [0.05, 0.1) is 5.69 Å². The van der Waals surface area contributed by atoms with E-state index >= 15 is 0 Å². The van der Waals surface area contributed by atoms with Crippen molar-refractivity contribution in [3.05, 3.63) is 41.7 Å². The fourth-order valence-electron chi connectivity index (χ4n) is 3.10. The molecule has 1 fully saturated rings. The third-order valence-corrected chi connectivity index (χ3v) is 4.33. The molecule has 0 aliphatic carbocycles. The van der Waals surface area contributed by atoms with Crippen LogP contribution in [0.5, 0.6) is 0 Å². The lowest BCUT2D eigenvalue weighted by atomic mass is 10.1. The van der Waals surface area contributed by atoms with Crippen molar-refractivity contribution in [2.45, 2.75) is 26.7 Å². The average molecular weight is 324 g/mol. The van der Waals surface area contributed by atoms with E-state index in [-0.39, 0.29) is 0 Å². The van der Waals surface area contributed by atoms with Crippen molar-refractivity contribution in [2.24, 2.45) is 5.92 Å². The van der Waals surface area contributed by atoms with E-state index in [1.165, 1.54) is 0 Å². The number of nitrogens with zero attached hydrogens (tertiary/aromatic N) is 5. The lowest BCUT2D eigenvalue weighted by Gasteiger charge is -2.03. The third kappa shape index (κ3) is 2.94. The van der Waals surface area contributed by atoms with Crippen molar-refractivity contribution in [3.63, 3.8) is 0 Å². The number of hydrogen-bond acceptors (Lipinski definition) is 6. The first-order chi connectivity index (χ1) is 11.7. The molecule has 1 atom stereocenters. The Labute approximate surface area is 140 Å². The number of pyridine rings is 1. The molecule has 1 N–H and O–H groups in total. The van der Waals surface area contributed by atoms with Crippen molar-refractivity contribution in [3.8, 4) is 17.2 Å². The van der Waals surface area contributed by atoms with E-state index in [1.807, 2.05) is 36.7 Å².